The van der Waals surface area contributed by atoms with Gasteiger partial charge in [-0.25, -0.2) is 0 Å². The quantitative estimate of drug-likeness (QED) is 0.473. The number of hydrogen-bond donors (Lipinski definition) is 0. The Hall–Kier alpha value is -1.69. The summed E-state index contributed by atoms with van der Waals surface area (Å²) >= 11 is -0.470. The van der Waals surface area contributed by atoms with E-state index in [2.05, 4.69) is 4.74 Å². The van der Waals surface area contributed by atoms with E-state index in [0.717, 1.165) is 8.79 Å². The standard InChI is InChI=1S/C12H8F2Ge.C4H8O2/c13-9-1-5-11(6-2-9)15-12-7-3-10(14)4-8-12;1-3-6-4(2)5/h1-8H;3H2,1-2H3/p+1. The summed E-state index contributed by atoms with van der Waals surface area (Å²) in [5.74, 6) is -0.397. The van der Waals surface area contributed by atoms with Crippen LogP contribution in [0.1, 0.15) is 13.8 Å². The Bertz CT molecular complexity index is 510. The van der Waals surface area contributed by atoms with Crippen molar-refractivity contribution in [2.45, 2.75) is 13.8 Å². The van der Waals surface area contributed by atoms with E-state index in [4.69, 9.17) is 4.79 Å². The first-order valence-corrected chi connectivity index (χ1v) is 8.54. The molecule has 21 heavy (non-hydrogen) atoms. The second-order valence-electron chi connectivity index (χ2n) is 4.09. The first kappa shape index (κ1) is 17.4. The first-order chi connectivity index (χ1) is 10.0. The average molecular weight is 352 g/mol. The van der Waals surface area contributed by atoms with Crippen LogP contribution in [0.3, 0.4) is 0 Å². The molecule has 0 saturated carbocycles. The van der Waals surface area contributed by atoms with Crippen molar-refractivity contribution in [3.63, 3.8) is 0 Å². The van der Waals surface area contributed by atoms with E-state index < -0.39 is 15.4 Å². The minimum atomic E-state index is -0.470. The fourth-order valence-electron chi connectivity index (χ4n) is 1.44. The molecule has 0 bridgehead atoms. The van der Waals surface area contributed by atoms with Crippen molar-refractivity contribution in [1.82, 2.24) is 0 Å². The average Bonchev–Trinajstić information content (AvgIpc) is 2.44. The zero-order chi connectivity index (χ0) is 15.7. The fourth-order valence-corrected chi connectivity index (χ4v) is 3.54. The molecule has 2 radical (unpaired) electrons. The zero-order valence-electron chi connectivity index (χ0n) is 11.9. The Morgan fingerprint density at radius 3 is 1.57 bits per heavy atom. The van der Waals surface area contributed by atoms with Crippen molar-refractivity contribution in [3.8, 4) is 0 Å². The molecule has 0 heterocycles. The van der Waals surface area contributed by atoms with Crippen molar-refractivity contribution in [2.75, 3.05) is 6.61 Å². The molecule has 2 nitrogen and oxygen atoms in total. The van der Waals surface area contributed by atoms with Crippen LogP contribution >= 0.6 is 0 Å². The SMILES string of the molecule is CCOC(C)=[OH+].Fc1cc[c]([Ge][c]2ccc(F)cc2)cc1. The van der Waals surface area contributed by atoms with E-state index in [0.29, 0.717) is 6.61 Å². The number of benzene rings is 2. The normalized spacial score (nSPS) is 9.52. The molecule has 0 unspecified atom stereocenters. The van der Waals surface area contributed by atoms with Crippen molar-refractivity contribution in [2.24, 2.45) is 0 Å². The second-order valence-corrected chi connectivity index (χ2v) is 7.04. The monoisotopic (exact) mass is 353 g/mol. The van der Waals surface area contributed by atoms with Crippen LogP contribution in [0.5, 0.6) is 0 Å². The van der Waals surface area contributed by atoms with Crippen LogP contribution in [0, 0.1) is 11.6 Å². The molecule has 0 aromatic heterocycles. The Morgan fingerprint density at radius 1 is 0.952 bits per heavy atom. The molecule has 1 N–H and O–H groups in total. The molecule has 0 saturated heterocycles. The van der Waals surface area contributed by atoms with Gasteiger partial charge in [-0.3, -0.25) is 0 Å². The molecule has 2 aromatic carbocycles. The summed E-state index contributed by atoms with van der Waals surface area (Å²) in [7, 11) is 0. The van der Waals surface area contributed by atoms with Crippen LogP contribution in [0.25, 0.3) is 0 Å². The molecule has 5 heteroatoms. The Morgan fingerprint density at radius 2 is 1.33 bits per heavy atom. The molecule has 2 rings (SSSR count). The van der Waals surface area contributed by atoms with Gasteiger partial charge in [-0.15, -0.1) is 0 Å². The number of halogens is 2. The van der Waals surface area contributed by atoms with Crippen molar-refractivity contribution >= 4 is 30.2 Å². The summed E-state index contributed by atoms with van der Waals surface area (Å²) in [5, 5.41) is 0. The van der Waals surface area contributed by atoms with Crippen LogP contribution < -0.4 is 8.79 Å². The topological polar surface area (TPSA) is 30.6 Å². The third kappa shape index (κ3) is 7.61. The van der Waals surface area contributed by atoms with Crippen molar-refractivity contribution in [3.05, 3.63) is 60.2 Å². The molecule has 0 aliphatic heterocycles. The van der Waals surface area contributed by atoms with Gasteiger partial charge >= 0.3 is 99.1 Å². The summed E-state index contributed by atoms with van der Waals surface area (Å²) in [6, 6.07) is 13.0. The zero-order valence-corrected chi connectivity index (χ0v) is 14.0. The van der Waals surface area contributed by atoms with Crippen LogP contribution in [-0.4, -0.2) is 32.8 Å². The molecule has 0 spiro atoms. The van der Waals surface area contributed by atoms with Crippen LogP contribution in [0.2, 0.25) is 0 Å². The summed E-state index contributed by atoms with van der Waals surface area (Å²) in [4.78, 5) is 8.25. The third-order valence-corrected chi connectivity index (χ3v) is 4.94. The van der Waals surface area contributed by atoms with Gasteiger partial charge in [0.25, 0.3) is 0 Å². The maximum absolute atomic E-state index is 12.6. The molecule has 0 aliphatic carbocycles. The Kier molecular flexibility index (Phi) is 7.68. The summed E-state index contributed by atoms with van der Waals surface area (Å²) in [5.41, 5.74) is 0. The molecule has 2 aromatic rings. The van der Waals surface area contributed by atoms with Crippen molar-refractivity contribution < 1.29 is 18.3 Å². The van der Waals surface area contributed by atoms with Gasteiger partial charge in [0.1, 0.15) is 0 Å². The summed E-state index contributed by atoms with van der Waals surface area (Å²) < 4.78 is 32.1. The molecule has 0 aliphatic rings. The Labute approximate surface area is 129 Å². The molecular weight excluding hydrogens is 335 g/mol. The van der Waals surface area contributed by atoms with E-state index in [1.807, 2.05) is 6.92 Å². The van der Waals surface area contributed by atoms with Crippen LogP contribution in [0.4, 0.5) is 8.78 Å². The molecule has 110 valence electrons. The number of esters is 1. The predicted octanol–water partition coefficient (Wildman–Crippen LogP) is 2.17. The van der Waals surface area contributed by atoms with E-state index >= 15 is 0 Å². The van der Waals surface area contributed by atoms with Crippen LogP contribution in [-0.2, 0) is 4.74 Å². The van der Waals surface area contributed by atoms with Gasteiger partial charge in [0.05, 0.1) is 6.92 Å². The summed E-state index contributed by atoms with van der Waals surface area (Å²) in [6.07, 6.45) is 0. The van der Waals surface area contributed by atoms with Gasteiger partial charge in [-0.1, -0.05) is 0 Å². The maximum atomic E-state index is 12.6. The van der Waals surface area contributed by atoms with Gasteiger partial charge < -0.3 is 9.53 Å². The van der Waals surface area contributed by atoms with Gasteiger partial charge in [0, 0.05) is 0 Å². The number of hydrogen-bond acceptors (Lipinski definition) is 1. The number of carbonyl (C=O) groups excluding carboxylic acids is 1. The van der Waals surface area contributed by atoms with Gasteiger partial charge in [-0.05, 0) is 6.92 Å². The van der Waals surface area contributed by atoms with Crippen LogP contribution in [0.15, 0.2) is 48.5 Å². The molecule has 0 atom stereocenters. The first-order valence-electron chi connectivity index (χ1n) is 6.44. The van der Waals surface area contributed by atoms with E-state index in [1.165, 1.54) is 31.2 Å². The van der Waals surface area contributed by atoms with E-state index in [9.17, 15) is 8.78 Å². The molecule has 0 amide bonds. The molecule has 0 fully saturated rings. The molecular formula is C16H17F2GeO2+. The number of ether oxygens (including phenoxy) is 1. The Balaban J connectivity index is 0.000000315. The van der Waals surface area contributed by atoms with Crippen molar-refractivity contribution in [1.29, 1.82) is 0 Å². The van der Waals surface area contributed by atoms with E-state index in [1.54, 1.807) is 24.3 Å². The van der Waals surface area contributed by atoms with Gasteiger partial charge in [0.2, 0.25) is 0 Å². The minimum absolute atomic E-state index is 0.0394. The predicted molar refractivity (Wildman–Crippen MR) is 82.1 cm³/mol. The van der Waals surface area contributed by atoms with Gasteiger partial charge in [-0.2, -0.15) is 0 Å². The van der Waals surface area contributed by atoms with E-state index in [-0.39, 0.29) is 17.6 Å². The third-order valence-electron chi connectivity index (χ3n) is 2.33. The number of rotatable bonds is 3. The van der Waals surface area contributed by atoms with Gasteiger partial charge in [0.15, 0.2) is 6.61 Å². The second kappa shape index (κ2) is 9.29. The summed E-state index contributed by atoms with van der Waals surface area (Å²) in [6.45, 7) is 3.87. The fraction of sp³-hybridized carbons (Fsp3) is 0.188.